The van der Waals surface area contributed by atoms with Crippen molar-refractivity contribution in [2.75, 3.05) is 78.9 Å². The Morgan fingerprint density at radius 2 is 1.51 bits per heavy atom. The second-order valence-corrected chi connectivity index (χ2v) is 17.4. The van der Waals surface area contributed by atoms with Crippen LogP contribution in [0.3, 0.4) is 0 Å². The Hall–Kier alpha value is -6.02. The van der Waals surface area contributed by atoms with Crippen LogP contribution in [-0.4, -0.2) is 109 Å². The van der Waals surface area contributed by atoms with E-state index in [1.54, 1.807) is 24.4 Å². The fourth-order valence-electron chi connectivity index (χ4n) is 10.2. The molecule has 61 heavy (non-hydrogen) atoms. The van der Waals surface area contributed by atoms with Gasteiger partial charge in [-0.2, -0.15) is 18.4 Å². The van der Waals surface area contributed by atoms with Gasteiger partial charge in [0.05, 0.1) is 40.2 Å². The van der Waals surface area contributed by atoms with Gasteiger partial charge in [-0.05, 0) is 98.4 Å². The molecule has 17 heteroatoms. The lowest BCUT2D eigenvalue weighted by atomic mass is 9.71. The number of piperidine rings is 3. The van der Waals surface area contributed by atoms with Crippen molar-refractivity contribution in [3.05, 3.63) is 77.0 Å². The number of hydrogen-bond donors (Lipinski definition) is 2. The maximum atomic E-state index is 13.5. The molecule has 14 nitrogen and oxygen atoms in total. The first-order chi connectivity index (χ1) is 29.3. The number of hydrogen-bond acceptors (Lipinski definition) is 11. The Kier molecular flexibility index (Phi) is 10.5. The molecule has 9 rings (SSSR count). The number of alkyl halides is 3. The van der Waals surface area contributed by atoms with Crippen molar-refractivity contribution in [1.29, 1.82) is 5.26 Å². The number of anilines is 4. The van der Waals surface area contributed by atoms with Crippen LogP contribution in [0.15, 0.2) is 54.7 Å². The van der Waals surface area contributed by atoms with Crippen molar-refractivity contribution in [2.45, 2.75) is 57.2 Å². The van der Waals surface area contributed by atoms with Crippen LogP contribution in [0.5, 0.6) is 0 Å². The molecule has 1 aromatic heterocycles. The third-order valence-electron chi connectivity index (χ3n) is 13.6. The van der Waals surface area contributed by atoms with E-state index in [1.165, 1.54) is 12.1 Å². The number of nitriles is 1. The maximum Gasteiger partial charge on any atom is 0.417 e. The number of carbonyl (C=O) groups excluding carboxylic acids is 5. The average Bonchev–Trinajstić information content (AvgIpc) is 3.81. The monoisotopic (exact) mass is 837 g/mol. The van der Waals surface area contributed by atoms with Gasteiger partial charge in [0.15, 0.2) is 0 Å². The van der Waals surface area contributed by atoms with Gasteiger partial charge in [-0.3, -0.25) is 34.2 Å². The number of aromatic nitrogens is 1. The number of nitrogens with zero attached hydrogens (tertiary/aromatic N) is 7. The highest BCUT2D eigenvalue weighted by Gasteiger charge is 2.47. The van der Waals surface area contributed by atoms with Crippen LogP contribution in [0.1, 0.15) is 76.8 Å². The number of benzene rings is 2. The molecule has 2 atom stereocenters. The second kappa shape index (κ2) is 15.8. The summed E-state index contributed by atoms with van der Waals surface area (Å²) in [6.07, 6.45) is 1.48. The molecule has 1 unspecified atom stereocenters. The molecule has 0 radical (unpaired) electrons. The summed E-state index contributed by atoms with van der Waals surface area (Å²) in [5, 5.41) is 14.3. The van der Waals surface area contributed by atoms with Crippen LogP contribution in [0.25, 0.3) is 0 Å². The summed E-state index contributed by atoms with van der Waals surface area (Å²) in [5.74, 6) is -1.47. The van der Waals surface area contributed by atoms with Gasteiger partial charge >= 0.3 is 6.18 Å². The fraction of sp³-hybridized carbons (Fsp3) is 0.477. The van der Waals surface area contributed by atoms with Gasteiger partial charge < -0.3 is 24.9 Å². The van der Waals surface area contributed by atoms with Gasteiger partial charge in [0.2, 0.25) is 17.7 Å². The van der Waals surface area contributed by atoms with E-state index in [1.807, 2.05) is 23.1 Å². The van der Waals surface area contributed by atoms with Gasteiger partial charge in [0.1, 0.15) is 11.9 Å². The number of imide groups is 2. The zero-order valence-corrected chi connectivity index (χ0v) is 33.5. The fourth-order valence-corrected chi connectivity index (χ4v) is 10.2. The summed E-state index contributed by atoms with van der Waals surface area (Å²) < 4.78 is 40.4. The molecule has 5 saturated heterocycles. The van der Waals surface area contributed by atoms with Crippen LogP contribution in [0.2, 0.25) is 0 Å². The molecule has 3 aromatic rings. The van der Waals surface area contributed by atoms with E-state index in [0.717, 1.165) is 87.4 Å². The van der Waals surface area contributed by atoms with E-state index in [-0.39, 0.29) is 35.6 Å². The Bertz CT molecular complexity index is 2310. The highest BCUT2D eigenvalue weighted by molar-refractivity contribution is 6.23. The zero-order chi connectivity index (χ0) is 42.6. The first-order valence-electron chi connectivity index (χ1n) is 21.0. The summed E-state index contributed by atoms with van der Waals surface area (Å²) in [5.41, 5.74) is 1.77. The molecule has 5 amide bonds. The minimum absolute atomic E-state index is 0.0823. The highest BCUT2D eigenvalue weighted by Crippen LogP contribution is 2.43. The Morgan fingerprint density at radius 1 is 0.836 bits per heavy atom. The minimum atomic E-state index is -4.63. The molecular formula is C44H46F3N9O5. The quantitative estimate of drug-likeness (QED) is 0.304. The summed E-state index contributed by atoms with van der Waals surface area (Å²) in [4.78, 5) is 78.2. The number of likely N-dealkylation sites (tertiary alicyclic amines) is 1. The normalized spacial score (nSPS) is 23.2. The SMILES string of the molecule is N#Cc1ccc(N2CCC(C(=O)Nc3ccc(N4CC[C@H](CN5CC6(CCN(c7ccc8c(c7)C(=O)N(C7CCC(=O)NC7=O)C8=O)CC6)C5)C4)cn3)CC2)cc1C(F)(F)F. The highest BCUT2D eigenvalue weighted by atomic mass is 19.4. The molecule has 7 heterocycles. The van der Waals surface area contributed by atoms with Crippen molar-refractivity contribution in [3.8, 4) is 6.07 Å². The summed E-state index contributed by atoms with van der Waals surface area (Å²) in [6.45, 7) is 7.52. The lowest BCUT2D eigenvalue weighted by Crippen LogP contribution is -2.61. The number of rotatable bonds is 8. The van der Waals surface area contributed by atoms with Crippen molar-refractivity contribution in [2.24, 2.45) is 17.3 Å². The van der Waals surface area contributed by atoms with Crippen LogP contribution in [-0.2, 0) is 20.6 Å². The largest absolute Gasteiger partial charge is 0.417 e. The predicted octanol–water partition coefficient (Wildman–Crippen LogP) is 4.66. The van der Waals surface area contributed by atoms with E-state index >= 15 is 0 Å². The minimum Gasteiger partial charge on any atom is -0.371 e. The molecule has 6 aliphatic heterocycles. The number of halogens is 3. The van der Waals surface area contributed by atoms with E-state index < -0.39 is 47.0 Å². The molecule has 6 aliphatic rings. The van der Waals surface area contributed by atoms with Gasteiger partial charge in [0.25, 0.3) is 11.8 Å². The molecule has 2 N–H and O–H groups in total. The van der Waals surface area contributed by atoms with Crippen molar-refractivity contribution in [3.63, 3.8) is 0 Å². The smallest absolute Gasteiger partial charge is 0.371 e. The number of pyridine rings is 1. The molecule has 1 spiro atoms. The Morgan fingerprint density at radius 3 is 2.20 bits per heavy atom. The molecule has 318 valence electrons. The Balaban J connectivity index is 0.705. The average molecular weight is 838 g/mol. The second-order valence-electron chi connectivity index (χ2n) is 17.4. The standard InChI is InChI=1S/C44H46F3N9O5/c45-44(46,47)35-20-31(2-1-29(35)21-48)53-15-10-28(11-16-53)39(58)50-37-7-4-32(22-49-37)55-14-9-27(24-55)23-52-25-43(26-52)12-17-54(18-13-43)30-3-5-33-34(19-30)42(61)56(41(33)60)36-6-8-38(57)51-40(36)59/h1-5,7,19-20,22,27-28,36H,6,8-18,23-26H2,(H,49,50,58)(H,51,57,59)/t27-,36?/m1/s1. The number of nitrogens with one attached hydrogen (secondary N) is 2. The van der Waals surface area contributed by atoms with Crippen LogP contribution in [0, 0.1) is 28.6 Å². The first kappa shape index (κ1) is 40.4. The van der Waals surface area contributed by atoms with E-state index in [9.17, 15) is 37.1 Å². The number of carbonyl (C=O) groups is 5. The van der Waals surface area contributed by atoms with Crippen molar-refractivity contribution >= 4 is 52.4 Å². The lowest BCUT2D eigenvalue weighted by molar-refractivity contribution is -0.138. The topological polar surface area (TPSA) is 162 Å². The summed E-state index contributed by atoms with van der Waals surface area (Å²) in [6, 6.07) is 13.5. The van der Waals surface area contributed by atoms with E-state index in [0.29, 0.717) is 48.9 Å². The van der Waals surface area contributed by atoms with Gasteiger partial charge in [-0.1, -0.05) is 0 Å². The van der Waals surface area contributed by atoms with E-state index in [4.69, 9.17) is 5.26 Å². The van der Waals surface area contributed by atoms with Gasteiger partial charge in [-0.15, -0.1) is 0 Å². The maximum absolute atomic E-state index is 13.5. The molecule has 2 aromatic carbocycles. The number of amides is 5. The third-order valence-corrected chi connectivity index (χ3v) is 13.6. The third kappa shape index (κ3) is 7.89. The molecule has 5 fully saturated rings. The van der Waals surface area contributed by atoms with Gasteiger partial charge in [0, 0.05) is 82.6 Å². The first-order valence-corrected chi connectivity index (χ1v) is 21.0. The summed E-state index contributed by atoms with van der Waals surface area (Å²) >= 11 is 0. The van der Waals surface area contributed by atoms with Crippen LogP contribution < -0.4 is 25.3 Å². The lowest BCUT2D eigenvalue weighted by Gasteiger charge is -2.55. The zero-order valence-electron chi connectivity index (χ0n) is 33.5. The molecular weight excluding hydrogens is 792 g/mol. The molecule has 0 aliphatic carbocycles. The number of fused-ring (bicyclic) bond motifs is 1. The van der Waals surface area contributed by atoms with E-state index in [2.05, 4.69) is 30.3 Å². The van der Waals surface area contributed by atoms with Crippen LogP contribution in [0.4, 0.5) is 36.1 Å². The van der Waals surface area contributed by atoms with Gasteiger partial charge in [-0.25, -0.2) is 4.98 Å². The molecule has 0 bridgehead atoms. The predicted molar refractivity (Wildman–Crippen MR) is 218 cm³/mol. The Labute approximate surface area is 350 Å². The van der Waals surface area contributed by atoms with Crippen molar-refractivity contribution in [1.82, 2.24) is 20.1 Å². The van der Waals surface area contributed by atoms with Crippen LogP contribution >= 0.6 is 0 Å². The molecule has 0 saturated carbocycles. The van der Waals surface area contributed by atoms with Crippen molar-refractivity contribution < 1.29 is 37.1 Å². The summed E-state index contributed by atoms with van der Waals surface area (Å²) in [7, 11) is 0.